The molecule has 5 nitrogen and oxygen atoms in total. The van der Waals surface area contributed by atoms with Crippen LogP contribution in [0.25, 0.3) is 22.2 Å². The number of pyridine rings is 1. The van der Waals surface area contributed by atoms with Gasteiger partial charge >= 0.3 is 0 Å². The van der Waals surface area contributed by atoms with Crippen LogP contribution >= 0.6 is 0 Å². The summed E-state index contributed by atoms with van der Waals surface area (Å²) in [5, 5.41) is 5.54. The van der Waals surface area contributed by atoms with Gasteiger partial charge in [-0.2, -0.15) is 5.10 Å². The van der Waals surface area contributed by atoms with Gasteiger partial charge in [0.15, 0.2) is 17.5 Å². The molecule has 4 aromatic rings. The molecule has 0 aliphatic carbocycles. The summed E-state index contributed by atoms with van der Waals surface area (Å²) in [7, 11) is 1.70. The second-order valence-corrected chi connectivity index (χ2v) is 8.66. The third-order valence-electron chi connectivity index (χ3n) is 6.78. The van der Waals surface area contributed by atoms with Crippen LogP contribution in [0.1, 0.15) is 40.5 Å². The van der Waals surface area contributed by atoms with E-state index >= 15 is 0 Å². The van der Waals surface area contributed by atoms with Crippen LogP contribution in [-0.2, 0) is 13.5 Å². The Hall–Kier alpha value is -3.68. The van der Waals surface area contributed by atoms with Crippen molar-refractivity contribution >= 4 is 16.8 Å². The van der Waals surface area contributed by atoms with Gasteiger partial charge in [-0.3, -0.25) is 14.5 Å². The van der Waals surface area contributed by atoms with E-state index in [1.54, 1.807) is 24.0 Å². The minimum Gasteiger partial charge on any atom is -0.327 e. The summed E-state index contributed by atoms with van der Waals surface area (Å²) in [6, 6.07) is 11.0. The monoisotopic (exact) mass is 448 g/mol. The molecular formula is C25H19F3N4O. The van der Waals surface area contributed by atoms with Gasteiger partial charge in [-0.15, -0.1) is 0 Å². The van der Waals surface area contributed by atoms with Gasteiger partial charge in [0.1, 0.15) is 0 Å². The second-order valence-electron chi connectivity index (χ2n) is 8.66. The first kappa shape index (κ1) is 20.0. The summed E-state index contributed by atoms with van der Waals surface area (Å²) in [5.41, 5.74) is 3.82. The van der Waals surface area contributed by atoms with Crippen molar-refractivity contribution in [3.63, 3.8) is 0 Å². The van der Waals surface area contributed by atoms with Crippen LogP contribution in [0.2, 0.25) is 0 Å². The number of fused-ring (bicyclic) bond motifs is 5. The number of amides is 1. The van der Waals surface area contributed by atoms with Crippen molar-refractivity contribution in [2.45, 2.75) is 31.3 Å². The zero-order chi connectivity index (χ0) is 22.9. The number of hydrogen-bond donors (Lipinski definition) is 0. The number of carbonyl (C=O) groups excluding carboxylic acids is 1. The molecule has 33 heavy (non-hydrogen) atoms. The van der Waals surface area contributed by atoms with Crippen LogP contribution in [0.4, 0.5) is 13.2 Å². The minimum absolute atomic E-state index is 0.0438. The van der Waals surface area contributed by atoms with Gasteiger partial charge in [-0.05, 0) is 55.7 Å². The van der Waals surface area contributed by atoms with Crippen molar-refractivity contribution < 1.29 is 18.0 Å². The summed E-state index contributed by atoms with van der Waals surface area (Å²) in [5.74, 6) is -4.02. The molecule has 166 valence electrons. The van der Waals surface area contributed by atoms with E-state index in [9.17, 15) is 18.0 Å². The maximum Gasteiger partial charge on any atom is 0.254 e. The van der Waals surface area contributed by atoms with E-state index in [1.165, 1.54) is 0 Å². The fourth-order valence-corrected chi connectivity index (χ4v) is 5.36. The summed E-state index contributed by atoms with van der Waals surface area (Å²) >= 11 is 0. The summed E-state index contributed by atoms with van der Waals surface area (Å²) in [6.45, 7) is 0. The lowest BCUT2D eigenvalue weighted by atomic mass is 9.94. The Balaban J connectivity index is 1.40. The van der Waals surface area contributed by atoms with Crippen molar-refractivity contribution in [2.24, 2.45) is 7.05 Å². The molecule has 2 aliphatic rings. The highest BCUT2D eigenvalue weighted by molar-refractivity contribution is 5.98. The fraction of sp³-hybridized carbons (Fsp3) is 0.240. The summed E-state index contributed by atoms with van der Waals surface area (Å²) < 4.78 is 42.9. The van der Waals surface area contributed by atoms with Crippen LogP contribution in [0.15, 0.2) is 48.7 Å². The van der Waals surface area contributed by atoms with Gasteiger partial charge in [-0.1, -0.05) is 6.07 Å². The Bertz CT molecular complexity index is 1420. The van der Waals surface area contributed by atoms with E-state index in [0.29, 0.717) is 17.7 Å². The molecule has 1 saturated heterocycles. The first-order valence-corrected chi connectivity index (χ1v) is 10.8. The van der Waals surface area contributed by atoms with E-state index in [-0.39, 0.29) is 23.6 Å². The molecule has 1 fully saturated rings. The fourth-order valence-electron chi connectivity index (χ4n) is 5.36. The molecule has 2 aliphatic heterocycles. The molecule has 8 heteroatoms. The van der Waals surface area contributed by atoms with Crippen LogP contribution in [0, 0.1) is 17.5 Å². The van der Waals surface area contributed by atoms with Gasteiger partial charge in [0, 0.05) is 41.4 Å². The molecule has 2 aromatic heterocycles. The Labute approximate surface area is 187 Å². The molecule has 0 saturated carbocycles. The molecule has 2 unspecified atom stereocenters. The molecule has 0 radical (unpaired) electrons. The second kappa shape index (κ2) is 7.16. The molecule has 2 aromatic carbocycles. The summed E-state index contributed by atoms with van der Waals surface area (Å²) in [6.07, 6.45) is 3.82. The standard InChI is InChI=1S/C25H19F3N4O/c1-31-24(15-10-18(26)22(28)19(27)11-15)17-12-16-5-7-21(23(17)30-31)32(16)25(33)14-4-6-20-13(9-14)3-2-8-29-20/h2-4,6,8-11,16,21H,5,7,12H2,1H3. The van der Waals surface area contributed by atoms with Crippen molar-refractivity contribution in [1.29, 1.82) is 0 Å². The number of benzene rings is 2. The van der Waals surface area contributed by atoms with Gasteiger partial charge in [0.05, 0.1) is 22.9 Å². The third-order valence-corrected chi connectivity index (χ3v) is 6.78. The van der Waals surface area contributed by atoms with Crippen LogP contribution in [0.5, 0.6) is 0 Å². The topological polar surface area (TPSA) is 51.0 Å². The zero-order valence-electron chi connectivity index (χ0n) is 17.7. The van der Waals surface area contributed by atoms with Crippen LogP contribution in [-0.4, -0.2) is 31.6 Å². The average molecular weight is 448 g/mol. The SMILES string of the molecule is Cn1nc2c(c1-c1cc(F)c(F)c(F)c1)CC1CCC2N1C(=O)c1ccc2ncccc2c1. The molecule has 4 heterocycles. The highest BCUT2D eigenvalue weighted by Crippen LogP contribution is 2.46. The van der Waals surface area contributed by atoms with E-state index in [0.717, 1.165) is 47.1 Å². The summed E-state index contributed by atoms with van der Waals surface area (Å²) in [4.78, 5) is 19.7. The third kappa shape index (κ3) is 2.97. The number of carbonyl (C=O) groups is 1. The molecule has 1 amide bonds. The molecule has 6 rings (SSSR count). The number of aromatic nitrogens is 3. The predicted molar refractivity (Wildman–Crippen MR) is 116 cm³/mol. The maximum atomic E-state index is 13.9. The first-order chi connectivity index (χ1) is 15.9. The molecule has 0 spiro atoms. The van der Waals surface area contributed by atoms with Crippen molar-refractivity contribution in [1.82, 2.24) is 19.7 Å². The van der Waals surface area contributed by atoms with Crippen LogP contribution in [0.3, 0.4) is 0 Å². The number of nitrogens with zero attached hydrogens (tertiary/aromatic N) is 4. The van der Waals surface area contributed by atoms with E-state index in [2.05, 4.69) is 10.1 Å². The van der Waals surface area contributed by atoms with Gasteiger partial charge < -0.3 is 4.90 Å². The largest absolute Gasteiger partial charge is 0.327 e. The normalized spacial score (nSPS) is 19.2. The van der Waals surface area contributed by atoms with E-state index in [1.807, 2.05) is 29.2 Å². The Morgan fingerprint density at radius 3 is 2.64 bits per heavy atom. The Kier molecular flexibility index (Phi) is 4.33. The first-order valence-electron chi connectivity index (χ1n) is 10.8. The number of rotatable bonds is 2. The van der Waals surface area contributed by atoms with Crippen molar-refractivity contribution in [2.75, 3.05) is 0 Å². The smallest absolute Gasteiger partial charge is 0.254 e. The Morgan fingerprint density at radius 2 is 1.85 bits per heavy atom. The molecular weight excluding hydrogens is 429 g/mol. The Morgan fingerprint density at radius 1 is 1.06 bits per heavy atom. The predicted octanol–water partition coefficient (Wildman–Crippen LogP) is 4.95. The highest BCUT2D eigenvalue weighted by Gasteiger charge is 2.45. The number of hydrogen-bond acceptors (Lipinski definition) is 3. The zero-order valence-corrected chi connectivity index (χ0v) is 17.7. The lowest BCUT2D eigenvalue weighted by Gasteiger charge is -2.34. The van der Waals surface area contributed by atoms with E-state index in [4.69, 9.17) is 0 Å². The lowest BCUT2D eigenvalue weighted by molar-refractivity contribution is 0.0642. The van der Waals surface area contributed by atoms with E-state index < -0.39 is 17.5 Å². The number of aryl methyl sites for hydroxylation is 1. The van der Waals surface area contributed by atoms with Gasteiger partial charge in [0.25, 0.3) is 5.91 Å². The lowest BCUT2D eigenvalue weighted by Crippen LogP contribution is -2.41. The van der Waals surface area contributed by atoms with Gasteiger partial charge in [-0.25, -0.2) is 13.2 Å². The molecule has 0 N–H and O–H groups in total. The molecule has 2 bridgehead atoms. The average Bonchev–Trinajstić information content (AvgIpc) is 3.32. The number of halogens is 3. The molecule has 2 atom stereocenters. The van der Waals surface area contributed by atoms with Gasteiger partial charge in [0.2, 0.25) is 0 Å². The minimum atomic E-state index is -1.49. The van der Waals surface area contributed by atoms with Crippen molar-refractivity contribution in [3.8, 4) is 11.3 Å². The van der Waals surface area contributed by atoms with Crippen LogP contribution < -0.4 is 0 Å². The quantitative estimate of drug-likeness (QED) is 0.408. The maximum absolute atomic E-state index is 13.9. The van der Waals surface area contributed by atoms with Crippen molar-refractivity contribution in [3.05, 3.63) is 82.9 Å². The highest BCUT2D eigenvalue weighted by atomic mass is 19.2.